The van der Waals surface area contributed by atoms with Crippen LogP contribution in [0.3, 0.4) is 0 Å². The van der Waals surface area contributed by atoms with Crippen molar-refractivity contribution < 1.29 is 9.50 Å². The minimum absolute atomic E-state index is 0. The Kier molecular flexibility index (Phi) is 4.78. The first-order valence-electron chi connectivity index (χ1n) is 3.13. The maximum Gasteiger partial charge on any atom is 0.150 e. The van der Waals surface area contributed by atoms with Crippen LogP contribution in [0.25, 0.3) is 0 Å². The SMILES string of the molecule is Cl.NCc1c(O)c(Cl)cc(Cl)c1F. The molecule has 0 aliphatic carbocycles. The van der Waals surface area contributed by atoms with E-state index in [1.807, 2.05) is 0 Å². The quantitative estimate of drug-likeness (QED) is 0.749. The zero-order chi connectivity index (χ0) is 9.30. The lowest BCUT2D eigenvalue weighted by Gasteiger charge is -2.06. The molecule has 0 atom stereocenters. The van der Waals surface area contributed by atoms with Crippen LogP contribution < -0.4 is 5.73 Å². The summed E-state index contributed by atoms with van der Waals surface area (Å²) in [5.74, 6) is -1.07. The lowest BCUT2D eigenvalue weighted by atomic mass is 10.2. The van der Waals surface area contributed by atoms with Crippen LogP contribution in [0.1, 0.15) is 5.56 Å². The molecule has 2 nitrogen and oxygen atoms in total. The van der Waals surface area contributed by atoms with Gasteiger partial charge in [-0.3, -0.25) is 0 Å². The van der Waals surface area contributed by atoms with Crippen LogP contribution in [0.2, 0.25) is 10.0 Å². The first kappa shape index (κ1) is 12.8. The van der Waals surface area contributed by atoms with E-state index in [1.54, 1.807) is 0 Å². The second kappa shape index (κ2) is 4.86. The van der Waals surface area contributed by atoms with E-state index >= 15 is 0 Å². The van der Waals surface area contributed by atoms with Gasteiger partial charge in [0.05, 0.1) is 10.0 Å². The molecule has 0 bridgehead atoms. The van der Waals surface area contributed by atoms with Crippen molar-refractivity contribution in [1.82, 2.24) is 0 Å². The number of hydrogen-bond acceptors (Lipinski definition) is 2. The zero-order valence-electron chi connectivity index (χ0n) is 6.35. The predicted molar refractivity (Wildman–Crippen MR) is 53.2 cm³/mol. The third-order valence-corrected chi connectivity index (χ3v) is 2.01. The number of phenolic OH excluding ortho intramolecular Hbond substituents is 1. The van der Waals surface area contributed by atoms with Crippen LogP contribution in [0.15, 0.2) is 6.07 Å². The summed E-state index contributed by atoms with van der Waals surface area (Å²) in [6.07, 6.45) is 0. The smallest absolute Gasteiger partial charge is 0.150 e. The first-order chi connectivity index (χ1) is 5.57. The molecule has 0 aromatic heterocycles. The second-order valence-electron chi connectivity index (χ2n) is 2.19. The molecule has 0 saturated carbocycles. The van der Waals surface area contributed by atoms with Gasteiger partial charge in [-0.1, -0.05) is 23.2 Å². The largest absolute Gasteiger partial charge is 0.506 e. The van der Waals surface area contributed by atoms with Crippen molar-refractivity contribution in [2.45, 2.75) is 6.54 Å². The monoisotopic (exact) mass is 245 g/mol. The van der Waals surface area contributed by atoms with Crippen LogP contribution >= 0.6 is 35.6 Å². The van der Waals surface area contributed by atoms with Crippen LogP contribution in [-0.2, 0) is 6.54 Å². The van der Waals surface area contributed by atoms with Crippen molar-refractivity contribution in [2.24, 2.45) is 5.73 Å². The molecule has 0 radical (unpaired) electrons. The van der Waals surface area contributed by atoms with Crippen molar-refractivity contribution in [1.29, 1.82) is 0 Å². The van der Waals surface area contributed by atoms with Gasteiger partial charge in [-0.15, -0.1) is 12.4 Å². The fraction of sp³-hybridized carbons (Fsp3) is 0.143. The van der Waals surface area contributed by atoms with E-state index in [9.17, 15) is 9.50 Å². The topological polar surface area (TPSA) is 46.2 Å². The minimum Gasteiger partial charge on any atom is -0.506 e. The Morgan fingerprint density at radius 2 is 1.92 bits per heavy atom. The maximum atomic E-state index is 13.0. The van der Waals surface area contributed by atoms with E-state index < -0.39 is 5.82 Å². The number of aromatic hydroxyl groups is 1. The molecular weight excluding hydrogens is 239 g/mol. The van der Waals surface area contributed by atoms with E-state index in [1.165, 1.54) is 0 Å². The third kappa shape index (κ3) is 2.38. The molecule has 1 rings (SSSR count). The van der Waals surface area contributed by atoms with Gasteiger partial charge in [-0.2, -0.15) is 0 Å². The Morgan fingerprint density at radius 3 is 2.38 bits per heavy atom. The first-order valence-corrected chi connectivity index (χ1v) is 3.89. The molecule has 0 aliphatic heterocycles. The van der Waals surface area contributed by atoms with E-state index in [0.29, 0.717) is 0 Å². The summed E-state index contributed by atoms with van der Waals surface area (Å²) in [6.45, 7) is -0.141. The van der Waals surface area contributed by atoms with Crippen LogP contribution in [0.5, 0.6) is 5.75 Å². The number of nitrogens with two attached hydrogens (primary N) is 1. The van der Waals surface area contributed by atoms with Crippen molar-refractivity contribution in [2.75, 3.05) is 0 Å². The van der Waals surface area contributed by atoms with Crippen LogP contribution in [0.4, 0.5) is 4.39 Å². The van der Waals surface area contributed by atoms with Crippen LogP contribution in [0, 0.1) is 5.82 Å². The lowest BCUT2D eigenvalue weighted by Crippen LogP contribution is -2.01. The van der Waals surface area contributed by atoms with Gasteiger partial charge in [0, 0.05) is 12.1 Å². The second-order valence-corrected chi connectivity index (χ2v) is 3.00. The normalized spacial score (nSPS) is 9.54. The van der Waals surface area contributed by atoms with Gasteiger partial charge in [0.25, 0.3) is 0 Å². The molecule has 13 heavy (non-hydrogen) atoms. The number of hydrogen-bond donors (Lipinski definition) is 2. The average molecular weight is 246 g/mol. The molecule has 0 unspecified atom stereocenters. The number of halogens is 4. The molecule has 3 N–H and O–H groups in total. The molecule has 1 aromatic rings. The lowest BCUT2D eigenvalue weighted by molar-refractivity contribution is 0.459. The van der Waals surface area contributed by atoms with Gasteiger partial charge >= 0.3 is 0 Å². The summed E-state index contributed by atoms with van der Waals surface area (Å²) >= 11 is 11.0. The Bertz CT molecular complexity index is 293. The number of benzene rings is 1. The minimum atomic E-state index is -0.721. The van der Waals surface area contributed by atoms with Crippen molar-refractivity contribution in [3.05, 3.63) is 27.5 Å². The summed E-state index contributed by atoms with van der Waals surface area (Å²) in [5, 5.41) is 9.05. The van der Waals surface area contributed by atoms with Crippen molar-refractivity contribution >= 4 is 35.6 Å². The molecule has 0 fully saturated rings. The fourth-order valence-electron chi connectivity index (χ4n) is 0.822. The molecule has 1 aromatic carbocycles. The summed E-state index contributed by atoms with van der Waals surface area (Å²) in [5.41, 5.74) is 5.11. The van der Waals surface area contributed by atoms with E-state index in [2.05, 4.69) is 0 Å². The molecule has 0 amide bonds. The van der Waals surface area contributed by atoms with E-state index in [0.717, 1.165) is 6.07 Å². The van der Waals surface area contributed by atoms with Crippen molar-refractivity contribution in [3.63, 3.8) is 0 Å². The molecule has 0 heterocycles. The highest BCUT2D eigenvalue weighted by molar-refractivity contribution is 6.35. The van der Waals surface area contributed by atoms with Gasteiger partial charge in [0.2, 0.25) is 0 Å². The Morgan fingerprint density at radius 1 is 1.38 bits per heavy atom. The van der Waals surface area contributed by atoms with E-state index in [-0.39, 0.29) is 40.3 Å². The Balaban J connectivity index is 0.00000144. The van der Waals surface area contributed by atoms with Gasteiger partial charge < -0.3 is 10.8 Å². The predicted octanol–water partition coefficient (Wildman–Crippen LogP) is 2.72. The van der Waals surface area contributed by atoms with Gasteiger partial charge in [-0.25, -0.2) is 4.39 Å². The highest BCUT2D eigenvalue weighted by Crippen LogP contribution is 2.33. The summed E-state index contributed by atoms with van der Waals surface area (Å²) in [4.78, 5) is 0. The Hall–Kier alpha value is -0.220. The third-order valence-electron chi connectivity index (χ3n) is 1.44. The molecule has 0 saturated heterocycles. The van der Waals surface area contributed by atoms with Gasteiger partial charge in [0.15, 0.2) is 0 Å². The molecule has 0 aliphatic rings. The van der Waals surface area contributed by atoms with E-state index in [4.69, 9.17) is 28.9 Å². The molecular formula is C7H7Cl3FNO. The molecule has 6 heteroatoms. The zero-order valence-corrected chi connectivity index (χ0v) is 8.68. The molecule has 0 spiro atoms. The molecule has 74 valence electrons. The maximum absolute atomic E-state index is 13.0. The fourth-order valence-corrected chi connectivity index (χ4v) is 1.32. The Labute approximate surface area is 90.9 Å². The number of phenols is 1. The van der Waals surface area contributed by atoms with Gasteiger partial charge in [0.1, 0.15) is 11.6 Å². The number of rotatable bonds is 1. The van der Waals surface area contributed by atoms with Crippen molar-refractivity contribution in [3.8, 4) is 5.75 Å². The summed E-state index contributed by atoms with van der Waals surface area (Å²) < 4.78 is 13.0. The highest BCUT2D eigenvalue weighted by atomic mass is 35.5. The standard InChI is InChI=1S/C7H6Cl2FNO.ClH/c8-4-1-5(9)7(12)3(2-11)6(4)10;/h1,12H,2,11H2;1H. The summed E-state index contributed by atoms with van der Waals surface area (Å²) in [6, 6.07) is 1.13. The summed E-state index contributed by atoms with van der Waals surface area (Å²) in [7, 11) is 0. The highest BCUT2D eigenvalue weighted by Gasteiger charge is 2.14. The average Bonchev–Trinajstić information content (AvgIpc) is 2.02. The van der Waals surface area contributed by atoms with Gasteiger partial charge in [-0.05, 0) is 6.07 Å². The van der Waals surface area contributed by atoms with Crippen LogP contribution in [-0.4, -0.2) is 5.11 Å².